The Labute approximate surface area is 145 Å². The van der Waals surface area contributed by atoms with Gasteiger partial charge >= 0.3 is 29.6 Å². The summed E-state index contributed by atoms with van der Waals surface area (Å²) >= 11 is 3.01. The number of hydrogen-bond acceptors (Lipinski definition) is 5. The summed E-state index contributed by atoms with van der Waals surface area (Å²) in [6.45, 7) is 2.47. The molecule has 5 nitrogen and oxygen atoms in total. The van der Waals surface area contributed by atoms with Crippen LogP contribution < -0.4 is 40.1 Å². The van der Waals surface area contributed by atoms with Crippen molar-refractivity contribution in [3.63, 3.8) is 0 Å². The zero-order valence-electron chi connectivity index (χ0n) is 10.1. The number of rotatable bonds is 6. The van der Waals surface area contributed by atoms with Crippen molar-refractivity contribution in [2.24, 2.45) is 0 Å². The average molecular weight is 391 g/mol. The van der Waals surface area contributed by atoms with Crippen molar-refractivity contribution in [2.75, 3.05) is 11.0 Å². The van der Waals surface area contributed by atoms with Crippen LogP contribution >= 0.6 is 34.6 Å². The molecule has 0 saturated heterocycles. The largest absolute Gasteiger partial charge is 1.00 e. The number of aryl methyl sites for hydroxylation is 1. The van der Waals surface area contributed by atoms with E-state index < -0.39 is 0 Å². The van der Waals surface area contributed by atoms with E-state index in [9.17, 15) is 10.1 Å². The van der Waals surface area contributed by atoms with Crippen LogP contribution in [0.15, 0.2) is 23.1 Å². The van der Waals surface area contributed by atoms with Crippen LogP contribution in [0.2, 0.25) is 0 Å². The Bertz CT molecular complexity index is 394. The van der Waals surface area contributed by atoms with Crippen LogP contribution in [-0.4, -0.2) is 16.9 Å². The smallest absolute Gasteiger partial charge is 0.691 e. The maximum absolute atomic E-state index is 11.7. The molecule has 0 radical (unpaired) electrons. The minimum absolute atomic E-state index is 0. The summed E-state index contributed by atoms with van der Waals surface area (Å²) in [5, 5.41) is 15.7. The fourth-order valence-corrected chi connectivity index (χ4v) is 1.88. The molecule has 0 atom stereocenters. The van der Waals surface area contributed by atoms with Crippen molar-refractivity contribution in [3.05, 3.63) is 29.3 Å². The molecule has 1 aromatic rings. The molecule has 1 N–H and O–H groups in total. The van der Waals surface area contributed by atoms with Crippen LogP contribution in [-0.2, 0) is 9.37 Å². The van der Waals surface area contributed by atoms with Gasteiger partial charge in [0.25, 0.3) is 5.91 Å². The Balaban J connectivity index is 0.00000289. The van der Waals surface area contributed by atoms with Crippen LogP contribution in [0, 0.1) is 6.92 Å². The molecule has 1 amide bonds. The molecule has 1 rings (SSSR count). The van der Waals surface area contributed by atoms with E-state index in [0.717, 1.165) is 26.9 Å². The van der Waals surface area contributed by atoms with Crippen LogP contribution in [0.5, 0.6) is 0 Å². The van der Waals surface area contributed by atoms with Gasteiger partial charge in [0, 0.05) is 21.4 Å². The second kappa shape index (κ2) is 10.4. The van der Waals surface area contributed by atoms with E-state index in [0.29, 0.717) is 12.1 Å². The Morgan fingerprint density at radius 2 is 2.28 bits per heavy atom. The number of hydrogen-bond donors (Lipinski definition) is 1. The Hall–Kier alpha value is 0.650. The monoisotopic (exact) mass is 391 g/mol. The third kappa shape index (κ3) is 6.20. The molecule has 0 aliphatic carbocycles. The molecule has 18 heavy (non-hydrogen) atoms. The van der Waals surface area contributed by atoms with Crippen LogP contribution in [0.25, 0.3) is 0 Å². The quantitative estimate of drug-likeness (QED) is 0.158. The Morgan fingerprint density at radius 1 is 1.56 bits per heavy atom. The molecule has 0 aliphatic heterocycles. The molecule has 0 heterocycles. The zero-order chi connectivity index (χ0) is 12.7. The maximum Gasteiger partial charge on any atom is 1.00 e. The van der Waals surface area contributed by atoms with Crippen LogP contribution in [0.4, 0.5) is 0 Å². The topological polar surface area (TPSA) is 70.6 Å². The zero-order valence-corrected chi connectivity index (χ0v) is 15.0. The van der Waals surface area contributed by atoms with Gasteiger partial charge in [-0.1, -0.05) is 22.6 Å². The minimum Gasteiger partial charge on any atom is -0.691 e. The molecule has 0 unspecified atom stereocenters. The van der Waals surface area contributed by atoms with Gasteiger partial charge in [0.15, 0.2) is 0 Å². The first-order valence-electron chi connectivity index (χ1n) is 4.77. The molecule has 0 bridgehead atoms. The minimum atomic E-state index is -0.109. The predicted octanol–water partition coefficient (Wildman–Crippen LogP) is -1.61. The first-order chi connectivity index (χ1) is 8.19. The summed E-state index contributed by atoms with van der Waals surface area (Å²) in [5.41, 5.74) is 1.42. The molecule has 1 aromatic carbocycles. The molecule has 0 saturated carbocycles. The summed E-state index contributed by atoms with van der Waals surface area (Å²) in [6.07, 6.45) is 0. The fourth-order valence-electron chi connectivity index (χ4n) is 1.20. The first-order valence-corrected chi connectivity index (χ1v) is 7.03. The number of halogens is 1. The number of carbonyl (C=O) groups is 1. The second-order valence-electron chi connectivity index (χ2n) is 3.14. The Kier molecular flexibility index (Phi) is 10.8. The van der Waals surface area contributed by atoms with Gasteiger partial charge in [0.05, 0.1) is 12.0 Å². The number of amides is 1. The summed E-state index contributed by atoms with van der Waals surface area (Å²) in [4.78, 5) is 12.4. The summed E-state index contributed by atoms with van der Waals surface area (Å²) in [6, 6.07) is 5.11. The first kappa shape index (κ1) is 18.7. The molecule has 0 aromatic heterocycles. The summed E-state index contributed by atoms with van der Waals surface area (Å²) < 4.78 is 5.09. The average Bonchev–Trinajstić information content (AvgIpc) is 2.34. The van der Waals surface area contributed by atoms with E-state index in [-0.39, 0.29) is 35.5 Å². The van der Waals surface area contributed by atoms with E-state index in [1.54, 1.807) is 18.2 Å². The molecule has 0 spiro atoms. The second-order valence-corrected chi connectivity index (χ2v) is 4.97. The van der Waals surface area contributed by atoms with Crippen molar-refractivity contribution in [3.8, 4) is 0 Å². The van der Waals surface area contributed by atoms with Gasteiger partial charge in [-0.25, -0.2) is 0 Å². The molecule has 0 aliphatic rings. The fraction of sp³-hybridized carbons (Fsp3) is 0.300. The third-order valence-corrected chi connectivity index (χ3v) is 3.27. The van der Waals surface area contributed by atoms with Gasteiger partial charge in [-0.05, 0) is 30.7 Å². The van der Waals surface area contributed by atoms with Crippen molar-refractivity contribution < 1.29 is 49.0 Å². The molecular weight excluding hydrogens is 380 g/mol. The van der Waals surface area contributed by atoms with Crippen LogP contribution in [0.3, 0.4) is 0 Å². The Morgan fingerprint density at radius 3 is 2.83 bits per heavy atom. The van der Waals surface area contributed by atoms with Gasteiger partial charge in [-0.2, -0.15) is 4.33 Å². The molecule has 8 heteroatoms. The van der Waals surface area contributed by atoms with Crippen LogP contribution in [0.1, 0.15) is 15.9 Å². The number of alkyl halides is 1. The third-order valence-electron chi connectivity index (χ3n) is 1.97. The molecular formula is C10H11INNaO4S. The van der Waals surface area contributed by atoms with Gasteiger partial charge in [-0.15, -0.1) is 0 Å². The van der Waals surface area contributed by atoms with Gasteiger partial charge in [0.1, 0.15) is 0 Å². The van der Waals surface area contributed by atoms with E-state index in [4.69, 9.17) is 0 Å². The standard InChI is InChI=1S/C10H12INO4S.Na/c1-7-6-8(10(13)12-5-4-11)2-3-9(7)17-16-15-14;/h2-3,6,14H,4-5H2,1H3,(H,12,13);/q;+1/p-1. The van der Waals surface area contributed by atoms with E-state index >= 15 is 0 Å². The van der Waals surface area contributed by atoms with Gasteiger partial charge in [0.2, 0.25) is 0 Å². The van der Waals surface area contributed by atoms with E-state index in [2.05, 4.69) is 37.3 Å². The molecule has 0 fully saturated rings. The summed E-state index contributed by atoms with van der Waals surface area (Å²) in [7, 11) is 0. The van der Waals surface area contributed by atoms with E-state index in [1.165, 1.54) is 0 Å². The SMILES string of the molecule is Cc1cc(C(=O)NCCI)ccc1SOO[O-].[Na+]. The van der Waals surface area contributed by atoms with Crippen molar-refractivity contribution >= 4 is 40.5 Å². The number of nitrogens with one attached hydrogen (secondary N) is 1. The van der Waals surface area contributed by atoms with Crippen molar-refractivity contribution in [2.45, 2.75) is 11.8 Å². The molecule has 94 valence electrons. The normalized spacial score (nSPS) is 9.72. The van der Waals surface area contributed by atoms with Crippen molar-refractivity contribution in [1.82, 2.24) is 5.32 Å². The summed E-state index contributed by atoms with van der Waals surface area (Å²) in [5.74, 6) is -0.109. The predicted molar refractivity (Wildman–Crippen MR) is 70.4 cm³/mol. The van der Waals surface area contributed by atoms with Crippen molar-refractivity contribution in [1.29, 1.82) is 0 Å². The van der Waals surface area contributed by atoms with Gasteiger partial charge < -0.3 is 10.6 Å². The number of carbonyl (C=O) groups excluding carboxylic acids is 1. The maximum atomic E-state index is 11.7. The number of benzene rings is 1. The van der Waals surface area contributed by atoms with E-state index in [1.807, 2.05) is 6.92 Å². The van der Waals surface area contributed by atoms with Gasteiger partial charge in [-0.3, -0.25) is 9.83 Å².